The van der Waals surface area contributed by atoms with Crippen molar-refractivity contribution in [2.24, 2.45) is 0 Å². The number of hydrogen-bond donors (Lipinski definition) is 4. The van der Waals surface area contributed by atoms with Gasteiger partial charge in [0.2, 0.25) is 0 Å². The maximum atomic E-state index is 12.8. The van der Waals surface area contributed by atoms with Crippen molar-refractivity contribution in [2.45, 2.75) is 130 Å². The smallest absolute Gasteiger partial charge is 0.334 e. The molecule has 8 heteroatoms. The summed E-state index contributed by atoms with van der Waals surface area (Å²) < 4.78 is 6.03. The highest BCUT2D eigenvalue weighted by atomic mass is 16.5. The van der Waals surface area contributed by atoms with Gasteiger partial charge in [-0.3, -0.25) is 0 Å². The first-order chi connectivity index (χ1) is 19.9. The molecule has 1 aromatic rings. The van der Waals surface area contributed by atoms with Crippen molar-refractivity contribution in [3.8, 4) is 5.75 Å². The summed E-state index contributed by atoms with van der Waals surface area (Å²) in [5.41, 5.74) is 14.2. The number of carboxylic acid groups (broad SMARTS) is 2. The van der Waals surface area contributed by atoms with Gasteiger partial charge in [0, 0.05) is 29.7 Å². The van der Waals surface area contributed by atoms with Gasteiger partial charge in [0.05, 0.1) is 28.9 Å². The fourth-order valence-corrected chi connectivity index (χ4v) is 6.59. The number of rotatable bonds is 19. The zero-order valence-corrected chi connectivity index (χ0v) is 26.9. The third kappa shape index (κ3) is 8.01. The van der Waals surface area contributed by atoms with Crippen LogP contribution in [-0.4, -0.2) is 40.7 Å². The van der Waals surface area contributed by atoms with Crippen LogP contribution in [0.4, 0.5) is 11.4 Å². The van der Waals surface area contributed by atoms with Crippen LogP contribution in [0.5, 0.6) is 5.75 Å². The van der Waals surface area contributed by atoms with E-state index in [4.69, 9.17) is 16.2 Å². The number of allylic oxidation sites excluding steroid dienone is 2. The lowest BCUT2D eigenvalue weighted by atomic mass is 9.64. The first-order valence-electron chi connectivity index (χ1n) is 15.9. The van der Waals surface area contributed by atoms with Crippen LogP contribution in [0.15, 0.2) is 28.6 Å². The first kappa shape index (κ1) is 35.0. The lowest BCUT2D eigenvalue weighted by Crippen LogP contribution is -2.44. The quantitative estimate of drug-likeness (QED) is 0.0952. The Labute approximate surface area is 253 Å². The highest BCUT2D eigenvalue weighted by Crippen LogP contribution is 2.53. The summed E-state index contributed by atoms with van der Waals surface area (Å²) in [6.07, 6.45) is 16.6. The molecule has 0 saturated heterocycles. The van der Waals surface area contributed by atoms with E-state index in [0.29, 0.717) is 40.4 Å². The van der Waals surface area contributed by atoms with Crippen LogP contribution in [0.2, 0.25) is 0 Å². The average Bonchev–Trinajstić information content (AvgIpc) is 2.91. The Morgan fingerprint density at radius 1 is 0.786 bits per heavy atom. The molecule has 0 aliphatic carbocycles. The highest BCUT2D eigenvalue weighted by Gasteiger charge is 2.51. The van der Waals surface area contributed by atoms with E-state index in [9.17, 15) is 19.8 Å². The maximum Gasteiger partial charge on any atom is 0.334 e. The summed E-state index contributed by atoms with van der Waals surface area (Å²) in [6.45, 7) is 9.41. The largest absolute Gasteiger partial charge is 0.491 e. The Morgan fingerprint density at radius 2 is 1.21 bits per heavy atom. The van der Waals surface area contributed by atoms with Crippen LogP contribution in [-0.2, 0) is 21.4 Å². The van der Waals surface area contributed by atoms with E-state index in [1.165, 1.54) is 64.2 Å². The van der Waals surface area contributed by atoms with E-state index in [2.05, 4.69) is 6.92 Å². The third-order valence-electron chi connectivity index (χ3n) is 8.93. The third-order valence-corrected chi connectivity index (χ3v) is 8.93. The van der Waals surface area contributed by atoms with Gasteiger partial charge in [-0.1, -0.05) is 84.0 Å². The Hall–Kier alpha value is -3.16. The van der Waals surface area contributed by atoms with E-state index < -0.39 is 17.4 Å². The molecular formula is C34H55N3O5. The van der Waals surface area contributed by atoms with Gasteiger partial charge in [0.15, 0.2) is 0 Å². The first-order valence-corrected chi connectivity index (χ1v) is 15.9. The second-order valence-electron chi connectivity index (χ2n) is 11.9. The molecule has 8 nitrogen and oxygen atoms in total. The van der Waals surface area contributed by atoms with E-state index >= 15 is 0 Å². The maximum absolute atomic E-state index is 12.8. The molecule has 2 rings (SSSR count). The van der Waals surface area contributed by atoms with Crippen molar-refractivity contribution in [1.82, 2.24) is 4.90 Å². The van der Waals surface area contributed by atoms with Crippen molar-refractivity contribution >= 4 is 23.3 Å². The molecule has 0 unspecified atom stereocenters. The van der Waals surface area contributed by atoms with E-state index in [-0.39, 0.29) is 23.4 Å². The van der Waals surface area contributed by atoms with Crippen molar-refractivity contribution in [3.05, 3.63) is 39.7 Å². The van der Waals surface area contributed by atoms with Gasteiger partial charge in [0.25, 0.3) is 0 Å². The molecule has 1 aliphatic heterocycles. The normalized spacial score (nSPS) is 15.0. The van der Waals surface area contributed by atoms with Crippen molar-refractivity contribution in [2.75, 3.05) is 25.1 Å². The minimum absolute atomic E-state index is 0.0226. The van der Waals surface area contributed by atoms with Crippen molar-refractivity contribution in [1.29, 1.82) is 0 Å². The predicted octanol–water partition coefficient (Wildman–Crippen LogP) is 7.80. The molecule has 1 heterocycles. The van der Waals surface area contributed by atoms with Gasteiger partial charge in [-0.15, -0.1) is 0 Å². The molecule has 1 aromatic carbocycles. The summed E-state index contributed by atoms with van der Waals surface area (Å²) >= 11 is 0. The van der Waals surface area contributed by atoms with E-state index in [1.807, 2.05) is 6.92 Å². The number of hydrogen-bond acceptors (Lipinski definition) is 6. The molecule has 42 heavy (non-hydrogen) atoms. The number of aliphatic carboxylic acids is 2. The Kier molecular flexibility index (Phi) is 13.7. The van der Waals surface area contributed by atoms with Gasteiger partial charge in [-0.05, 0) is 52.2 Å². The molecule has 0 spiro atoms. The highest BCUT2D eigenvalue weighted by molar-refractivity contribution is 6.01. The zero-order valence-electron chi connectivity index (χ0n) is 26.9. The molecule has 0 amide bonds. The van der Waals surface area contributed by atoms with Crippen LogP contribution in [0, 0.1) is 0 Å². The van der Waals surface area contributed by atoms with Crippen molar-refractivity contribution < 1.29 is 24.5 Å². The standard InChI is InChI=1S/C34H55N3O5/c1-7-9-10-11-12-13-14-15-16-17-18-19-20-21-25-26(35)22-27(36)31(42-8-2)30(25)34(5)28(32(38)39)23(3)37(6)24(4)29(34)33(40)41/h22H,7-21,35-36H2,1-6H3,(H,38,39)(H,40,41). The van der Waals surface area contributed by atoms with Gasteiger partial charge < -0.3 is 31.3 Å². The fraction of sp³-hybridized carbons (Fsp3) is 0.647. The summed E-state index contributed by atoms with van der Waals surface area (Å²) in [5, 5.41) is 20.9. The number of nitrogen functional groups attached to an aromatic ring is 2. The molecule has 1 aliphatic rings. The molecule has 0 aromatic heterocycles. The molecule has 236 valence electrons. The molecular weight excluding hydrogens is 530 g/mol. The average molecular weight is 586 g/mol. The van der Waals surface area contributed by atoms with Crippen molar-refractivity contribution in [3.63, 3.8) is 0 Å². The second-order valence-corrected chi connectivity index (χ2v) is 11.9. The number of carbonyl (C=O) groups is 2. The Morgan fingerprint density at radius 3 is 1.62 bits per heavy atom. The van der Waals surface area contributed by atoms with Crippen LogP contribution in [0.3, 0.4) is 0 Å². The van der Waals surface area contributed by atoms with Crippen LogP contribution < -0.4 is 16.2 Å². The molecule has 0 bridgehead atoms. The zero-order chi connectivity index (χ0) is 31.4. The minimum Gasteiger partial charge on any atom is -0.491 e. The molecule has 0 saturated carbocycles. The lowest BCUT2D eigenvalue weighted by Gasteiger charge is -2.43. The predicted molar refractivity (Wildman–Crippen MR) is 172 cm³/mol. The number of unbranched alkanes of at least 4 members (excludes halogenated alkanes) is 12. The van der Waals surface area contributed by atoms with Crippen LogP contribution in [0.25, 0.3) is 0 Å². The number of nitrogens with two attached hydrogens (primary N) is 2. The summed E-state index contributed by atoms with van der Waals surface area (Å²) in [6, 6.07) is 1.65. The van der Waals surface area contributed by atoms with Crippen LogP contribution >= 0.6 is 0 Å². The topological polar surface area (TPSA) is 139 Å². The SMILES string of the molecule is CCCCCCCCCCCCCCCc1c(N)cc(N)c(OCC)c1C1(C)C(C(=O)O)=C(C)N(C)C(C)=C1C(=O)O. The van der Waals surface area contributed by atoms with Crippen LogP contribution in [0.1, 0.15) is 129 Å². The van der Waals surface area contributed by atoms with Gasteiger partial charge in [0.1, 0.15) is 5.75 Å². The number of benzene rings is 1. The number of ether oxygens (including phenoxy) is 1. The number of carboxylic acids is 2. The van der Waals surface area contributed by atoms with E-state index in [1.54, 1.807) is 38.8 Å². The number of nitrogens with zero attached hydrogens (tertiary/aromatic N) is 1. The van der Waals surface area contributed by atoms with Gasteiger partial charge in [-0.25, -0.2) is 9.59 Å². The summed E-state index contributed by atoms with van der Waals surface area (Å²) in [4.78, 5) is 27.2. The Bertz CT molecular complexity index is 1120. The molecule has 0 radical (unpaired) electrons. The lowest BCUT2D eigenvalue weighted by molar-refractivity contribution is -0.134. The molecule has 0 fully saturated rings. The minimum atomic E-state index is -1.54. The second kappa shape index (κ2) is 16.5. The molecule has 6 N–H and O–H groups in total. The molecule has 0 atom stereocenters. The summed E-state index contributed by atoms with van der Waals surface area (Å²) in [5.74, 6) is -2.08. The fourth-order valence-electron chi connectivity index (χ4n) is 6.59. The monoisotopic (exact) mass is 585 g/mol. The van der Waals surface area contributed by atoms with E-state index in [0.717, 1.165) is 19.3 Å². The van der Waals surface area contributed by atoms with Gasteiger partial charge in [-0.2, -0.15) is 0 Å². The summed E-state index contributed by atoms with van der Waals surface area (Å²) in [7, 11) is 1.68. The number of anilines is 2. The van der Waals surface area contributed by atoms with Gasteiger partial charge >= 0.3 is 11.9 Å². The Balaban J connectivity index is 2.31.